The molecule has 12 heteroatoms. The molecule has 0 heterocycles. The molecule has 0 saturated carbocycles. The van der Waals surface area contributed by atoms with Crippen molar-refractivity contribution in [2.24, 2.45) is 0 Å². The molecular weight excluding hydrogens is 444 g/mol. The molecule has 2 aromatic rings. The number of nitrogens with zero attached hydrogens (tertiary/aromatic N) is 1. The Kier molecular flexibility index (Phi) is 8.00. The van der Waals surface area contributed by atoms with E-state index < -0.39 is 40.7 Å². The van der Waals surface area contributed by atoms with Crippen LogP contribution >= 0.6 is 0 Å². The van der Waals surface area contributed by atoms with Crippen LogP contribution in [0.2, 0.25) is 0 Å². The maximum Gasteiger partial charge on any atom is 0.387 e. The molecule has 168 valence electrons. The topological polar surface area (TPSA) is 84.9 Å². The molecule has 0 atom stereocenters. The van der Waals surface area contributed by atoms with E-state index in [-0.39, 0.29) is 16.1 Å². The molecule has 0 bridgehead atoms. The Morgan fingerprint density at radius 2 is 1.68 bits per heavy atom. The van der Waals surface area contributed by atoms with Crippen LogP contribution in [-0.4, -0.2) is 45.9 Å². The number of anilines is 1. The lowest BCUT2D eigenvalue weighted by Gasteiger charge is -2.15. The number of rotatable bonds is 9. The number of alkyl halides is 4. The Bertz CT molecular complexity index is 1060. The molecule has 0 unspecified atom stereocenters. The van der Waals surface area contributed by atoms with Crippen LogP contribution in [0.3, 0.4) is 0 Å². The lowest BCUT2D eigenvalue weighted by atomic mass is 10.1. The second-order valence-corrected chi connectivity index (χ2v) is 8.18. The summed E-state index contributed by atoms with van der Waals surface area (Å²) in [6.45, 7) is -6.41. The van der Waals surface area contributed by atoms with E-state index in [4.69, 9.17) is 0 Å². The molecule has 0 fully saturated rings. The third-order valence-corrected chi connectivity index (χ3v) is 5.62. The van der Waals surface area contributed by atoms with Gasteiger partial charge in [0.2, 0.25) is 15.9 Å². The maximum atomic E-state index is 12.6. The van der Waals surface area contributed by atoms with Gasteiger partial charge < -0.3 is 14.8 Å². The van der Waals surface area contributed by atoms with Crippen molar-refractivity contribution in [1.82, 2.24) is 4.31 Å². The zero-order chi connectivity index (χ0) is 23.2. The van der Waals surface area contributed by atoms with Crippen molar-refractivity contribution in [3.8, 4) is 11.5 Å². The zero-order valence-electron chi connectivity index (χ0n) is 16.3. The molecule has 0 aromatic heterocycles. The summed E-state index contributed by atoms with van der Waals surface area (Å²) in [7, 11) is -1.17. The number of carbonyl (C=O) groups excluding carboxylic acids is 1. The van der Waals surface area contributed by atoms with Gasteiger partial charge in [-0.25, -0.2) is 12.7 Å². The lowest BCUT2D eigenvalue weighted by Crippen LogP contribution is -2.24. The lowest BCUT2D eigenvalue weighted by molar-refractivity contribution is -0.111. The number of para-hydroxylation sites is 1. The molecular formula is C19H18F4N2O5S. The number of ether oxygens (including phenoxy) is 2. The van der Waals surface area contributed by atoms with Crippen LogP contribution in [0.1, 0.15) is 5.56 Å². The molecule has 1 amide bonds. The SMILES string of the molecule is CN(C)S(=O)(=O)c1ccccc1NC(=O)/C=C/c1ccc(OC(F)F)cc1OC(F)F. The van der Waals surface area contributed by atoms with Crippen LogP contribution in [0.15, 0.2) is 53.4 Å². The molecule has 0 aliphatic carbocycles. The van der Waals surface area contributed by atoms with Crippen LogP contribution < -0.4 is 14.8 Å². The normalized spacial score (nSPS) is 12.0. The van der Waals surface area contributed by atoms with E-state index >= 15 is 0 Å². The van der Waals surface area contributed by atoms with E-state index in [0.29, 0.717) is 0 Å². The van der Waals surface area contributed by atoms with Gasteiger partial charge in [0, 0.05) is 31.8 Å². The molecule has 2 aromatic carbocycles. The van der Waals surface area contributed by atoms with Gasteiger partial charge in [0.05, 0.1) is 5.69 Å². The minimum Gasteiger partial charge on any atom is -0.435 e. The number of halogens is 4. The number of benzene rings is 2. The van der Waals surface area contributed by atoms with E-state index in [1.165, 1.54) is 38.4 Å². The fraction of sp³-hybridized carbons (Fsp3) is 0.211. The summed E-state index contributed by atoms with van der Waals surface area (Å²) >= 11 is 0. The van der Waals surface area contributed by atoms with Crippen molar-refractivity contribution < 1.29 is 40.2 Å². The highest BCUT2D eigenvalue weighted by molar-refractivity contribution is 7.89. The number of hydrogen-bond acceptors (Lipinski definition) is 5. The molecule has 0 aliphatic rings. The average molecular weight is 462 g/mol. The quantitative estimate of drug-likeness (QED) is 0.453. The number of amides is 1. The molecule has 0 radical (unpaired) electrons. The van der Waals surface area contributed by atoms with Crippen LogP contribution in [-0.2, 0) is 14.8 Å². The maximum absolute atomic E-state index is 12.6. The van der Waals surface area contributed by atoms with Crippen molar-refractivity contribution in [3.05, 3.63) is 54.1 Å². The van der Waals surface area contributed by atoms with E-state index in [9.17, 15) is 30.8 Å². The predicted octanol–water partition coefficient (Wildman–Crippen LogP) is 3.79. The summed E-state index contributed by atoms with van der Waals surface area (Å²) in [6, 6.07) is 8.75. The number of carbonyl (C=O) groups is 1. The Morgan fingerprint density at radius 1 is 1.03 bits per heavy atom. The number of hydrogen-bond donors (Lipinski definition) is 1. The van der Waals surface area contributed by atoms with E-state index in [1.54, 1.807) is 0 Å². The molecule has 2 rings (SSSR count). The summed E-state index contributed by atoms with van der Waals surface area (Å²) in [5.74, 6) is -1.67. The van der Waals surface area contributed by atoms with Gasteiger partial charge in [0.15, 0.2) is 0 Å². The van der Waals surface area contributed by atoms with Gasteiger partial charge in [0.25, 0.3) is 0 Å². The second kappa shape index (κ2) is 10.3. The van der Waals surface area contributed by atoms with Crippen molar-refractivity contribution in [2.45, 2.75) is 18.1 Å². The fourth-order valence-electron chi connectivity index (χ4n) is 2.36. The standard InChI is InChI=1S/C19H18F4N2O5S/c1-25(2)31(27,28)16-6-4-3-5-14(16)24-17(26)10-8-12-7-9-13(29-18(20)21)11-15(12)30-19(22)23/h3-11,18-19H,1-2H3,(H,24,26)/b10-8+. The highest BCUT2D eigenvalue weighted by Gasteiger charge is 2.21. The summed E-state index contributed by atoms with van der Waals surface area (Å²) in [5, 5.41) is 2.40. The van der Waals surface area contributed by atoms with Crippen molar-refractivity contribution in [2.75, 3.05) is 19.4 Å². The molecule has 0 saturated heterocycles. The molecule has 7 nitrogen and oxygen atoms in total. The van der Waals surface area contributed by atoms with Crippen molar-refractivity contribution >= 4 is 27.7 Å². The first-order chi connectivity index (χ1) is 14.5. The van der Waals surface area contributed by atoms with Crippen molar-refractivity contribution in [1.29, 1.82) is 0 Å². The van der Waals surface area contributed by atoms with Crippen LogP contribution in [0.25, 0.3) is 6.08 Å². The Morgan fingerprint density at radius 3 is 2.29 bits per heavy atom. The summed E-state index contributed by atoms with van der Waals surface area (Å²) in [5.41, 5.74) is -0.0122. The smallest absolute Gasteiger partial charge is 0.387 e. The minimum absolute atomic E-state index is 0.00980. The van der Waals surface area contributed by atoms with Gasteiger partial charge in [-0.1, -0.05) is 12.1 Å². The second-order valence-electron chi connectivity index (χ2n) is 6.06. The molecule has 0 spiro atoms. The number of nitrogens with one attached hydrogen (secondary N) is 1. The first kappa shape index (κ1) is 24.2. The van der Waals surface area contributed by atoms with Gasteiger partial charge in [0.1, 0.15) is 16.4 Å². The Hall–Kier alpha value is -3.12. The minimum atomic E-state index is -3.84. The molecule has 0 aliphatic heterocycles. The summed E-state index contributed by atoms with van der Waals surface area (Å²) in [6.07, 6.45) is 2.04. The first-order valence-corrected chi connectivity index (χ1v) is 9.99. The molecule has 31 heavy (non-hydrogen) atoms. The van der Waals surface area contributed by atoms with Crippen LogP contribution in [0.5, 0.6) is 11.5 Å². The predicted molar refractivity (Wildman–Crippen MR) is 105 cm³/mol. The average Bonchev–Trinajstić information content (AvgIpc) is 2.66. The van der Waals surface area contributed by atoms with Gasteiger partial charge in [-0.3, -0.25) is 4.79 Å². The highest BCUT2D eigenvalue weighted by atomic mass is 32.2. The van der Waals surface area contributed by atoms with E-state index in [1.807, 2.05) is 0 Å². The fourth-order valence-corrected chi connectivity index (χ4v) is 3.40. The van der Waals surface area contributed by atoms with Gasteiger partial charge in [-0.15, -0.1) is 0 Å². The third kappa shape index (κ3) is 6.69. The zero-order valence-corrected chi connectivity index (χ0v) is 17.1. The van der Waals surface area contributed by atoms with Gasteiger partial charge >= 0.3 is 13.2 Å². The first-order valence-electron chi connectivity index (χ1n) is 8.55. The van der Waals surface area contributed by atoms with Gasteiger partial charge in [-0.2, -0.15) is 17.6 Å². The Balaban J connectivity index is 2.26. The largest absolute Gasteiger partial charge is 0.435 e. The van der Waals surface area contributed by atoms with E-state index in [2.05, 4.69) is 14.8 Å². The van der Waals surface area contributed by atoms with Crippen molar-refractivity contribution in [3.63, 3.8) is 0 Å². The highest BCUT2D eigenvalue weighted by Crippen LogP contribution is 2.29. The van der Waals surface area contributed by atoms with E-state index in [0.717, 1.165) is 34.7 Å². The summed E-state index contributed by atoms with van der Waals surface area (Å²) in [4.78, 5) is 12.1. The monoisotopic (exact) mass is 462 g/mol. The summed E-state index contributed by atoms with van der Waals surface area (Å²) < 4.78 is 84.0. The third-order valence-electron chi connectivity index (χ3n) is 3.74. The molecule has 1 N–H and O–H groups in total. The van der Waals surface area contributed by atoms with Gasteiger partial charge in [-0.05, 0) is 30.3 Å². The van der Waals surface area contributed by atoms with Crippen LogP contribution in [0.4, 0.5) is 23.2 Å². The van der Waals surface area contributed by atoms with Crippen LogP contribution in [0, 0.1) is 0 Å². The number of sulfonamides is 1. The Labute approximate surface area is 175 Å².